The Balaban J connectivity index is 1.44. The highest BCUT2D eigenvalue weighted by Crippen LogP contribution is 2.28. The van der Waals surface area contributed by atoms with Gasteiger partial charge in [-0.25, -0.2) is 0 Å². The Morgan fingerprint density at radius 1 is 1.23 bits per heavy atom. The summed E-state index contributed by atoms with van der Waals surface area (Å²) in [6.45, 7) is 2.99. The van der Waals surface area contributed by atoms with Gasteiger partial charge in [0, 0.05) is 32.0 Å². The molecular formula is C19H19N3O4. The van der Waals surface area contributed by atoms with E-state index in [4.69, 9.17) is 13.7 Å². The summed E-state index contributed by atoms with van der Waals surface area (Å²) in [6, 6.07) is 12.6. The largest absolute Gasteiger partial charge is 0.426 e. The maximum atomic E-state index is 12.8. The fourth-order valence-electron chi connectivity index (χ4n) is 3.10. The van der Waals surface area contributed by atoms with Gasteiger partial charge in [0.15, 0.2) is 11.6 Å². The molecule has 0 saturated carbocycles. The molecule has 1 atom stereocenters. The van der Waals surface area contributed by atoms with Crippen molar-refractivity contribution in [1.82, 2.24) is 15.0 Å². The van der Waals surface area contributed by atoms with Gasteiger partial charge in [0.1, 0.15) is 5.75 Å². The number of carbonyl (C=O) groups is 1. The summed E-state index contributed by atoms with van der Waals surface area (Å²) in [4.78, 5) is 18.8. The number of carbonyl (C=O) groups excluding carboxylic acids is 1. The van der Waals surface area contributed by atoms with Crippen molar-refractivity contribution in [2.24, 2.45) is 0 Å². The minimum absolute atomic E-state index is 0.0835. The lowest BCUT2D eigenvalue weighted by Crippen LogP contribution is -2.39. The lowest BCUT2D eigenvalue weighted by atomic mass is 9.97. The topological polar surface area (TPSA) is 81.6 Å². The van der Waals surface area contributed by atoms with Gasteiger partial charge in [0.25, 0.3) is 11.9 Å². The van der Waals surface area contributed by atoms with Crippen molar-refractivity contribution in [1.29, 1.82) is 0 Å². The first-order valence-electron chi connectivity index (χ1n) is 8.61. The molecule has 0 bridgehead atoms. The molecule has 0 unspecified atom stereocenters. The van der Waals surface area contributed by atoms with E-state index in [1.807, 2.05) is 30.3 Å². The number of aryl methyl sites for hydroxylation is 1. The van der Waals surface area contributed by atoms with E-state index in [1.54, 1.807) is 24.0 Å². The molecule has 1 aromatic carbocycles. The van der Waals surface area contributed by atoms with Gasteiger partial charge in [0.05, 0.1) is 0 Å². The second kappa shape index (κ2) is 7.03. The van der Waals surface area contributed by atoms with Gasteiger partial charge < -0.3 is 18.6 Å². The highest BCUT2D eigenvalue weighted by atomic mass is 16.6. The van der Waals surface area contributed by atoms with E-state index in [9.17, 15) is 4.79 Å². The highest BCUT2D eigenvalue weighted by molar-refractivity contribution is 5.91. The molecule has 1 amide bonds. The van der Waals surface area contributed by atoms with Crippen LogP contribution in [0.15, 0.2) is 51.4 Å². The lowest BCUT2D eigenvalue weighted by Gasteiger charge is -2.30. The number of likely N-dealkylation sites (tertiary alicyclic amines) is 1. The Morgan fingerprint density at radius 3 is 2.85 bits per heavy atom. The molecule has 0 spiro atoms. The quantitative estimate of drug-likeness (QED) is 0.710. The van der Waals surface area contributed by atoms with E-state index in [1.165, 1.54) is 0 Å². The predicted molar refractivity (Wildman–Crippen MR) is 92.1 cm³/mol. The number of furan rings is 1. The first-order chi connectivity index (χ1) is 12.7. The summed E-state index contributed by atoms with van der Waals surface area (Å²) < 4.78 is 16.3. The Morgan fingerprint density at radius 2 is 2.08 bits per heavy atom. The second-order valence-corrected chi connectivity index (χ2v) is 6.30. The first-order valence-corrected chi connectivity index (χ1v) is 8.61. The van der Waals surface area contributed by atoms with Crippen molar-refractivity contribution in [2.75, 3.05) is 13.1 Å². The van der Waals surface area contributed by atoms with Crippen molar-refractivity contribution >= 4 is 5.91 Å². The average Bonchev–Trinajstić information content (AvgIpc) is 3.31. The van der Waals surface area contributed by atoms with Crippen LogP contribution in [0.5, 0.6) is 11.7 Å². The van der Waals surface area contributed by atoms with Crippen molar-refractivity contribution < 1.29 is 18.5 Å². The highest BCUT2D eigenvalue weighted by Gasteiger charge is 2.29. The minimum Gasteiger partial charge on any atom is -0.426 e. The molecule has 1 aliphatic rings. The molecule has 134 valence electrons. The van der Waals surface area contributed by atoms with Gasteiger partial charge in [-0.2, -0.15) is 4.98 Å². The van der Waals surface area contributed by atoms with Crippen molar-refractivity contribution in [3.05, 3.63) is 59.9 Å². The molecule has 0 radical (unpaired) electrons. The van der Waals surface area contributed by atoms with Crippen molar-refractivity contribution in [3.8, 4) is 11.7 Å². The third kappa shape index (κ3) is 3.46. The monoisotopic (exact) mass is 353 g/mol. The minimum atomic E-state index is -0.155. The van der Waals surface area contributed by atoms with E-state index in [2.05, 4.69) is 10.1 Å². The summed E-state index contributed by atoms with van der Waals surface area (Å²) in [5.41, 5.74) is 0. The smallest absolute Gasteiger partial charge is 0.290 e. The lowest BCUT2D eigenvalue weighted by molar-refractivity contribution is 0.0666. The van der Waals surface area contributed by atoms with Gasteiger partial charge >= 0.3 is 0 Å². The van der Waals surface area contributed by atoms with Crippen molar-refractivity contribution in [3.63, 3.8) is 0 Å². The number of nitrogens with zero attached hydrogens (tertiary/aromatic N) is 3. The van der Waals surface area contributed by atoms with E-state index in [-0.39, 0.29) is 17.6 Å². The summed E-state index contributed by atoms with van der Waals surface area (Å²) in [7, 11) is 0. The molecular weight excluding hydrogens is 334 g/mol. The standard InChI is InChI=1S/C19H19N3O4/c1-13-20-18(21-26-13)14-6-5-11-22(12-14)19(23)16-9-10-17(25-16)24-15-7-3-2-4-8-15/h2-4,7-10,14H,5-6,11-12H2,1H3/t14-/m0/s1. The van der Waals surface area contributed by atoms with Gasteiger partial charge in [-0.05, 0) is 31.0 Å². The Bertz CT molecular complexity index is 887. The first kappa shape index (κ1) is 16.4. The Hall–Kier alpha value is -3.09. The number of hydrogen-bond acceptors (Lipinski definition) is 6. The molecule has 3 heterocycles. The van der Waals surface area contributed by atoms with Crippen LogP contribution in [-0.4, -0.2) is 34.0 Å². The summed E-state index contributed by atoms with van der Waals surface area (Å²) in [5, 5.41) is 3.99. The normalized spacial score (nSPS) is 17.3. The average molecular weight is 353 g/mol. The molecule has 4 rings (SSSR count). The fourth-order valence-corrected chi connectivity index (χ4v) is 3.10. The molecule has 7 heteroatoms. The number of benzene rings is 1. The van der Waals surface area contributed by atoms with Gasteiger partial charge in [-0.1, -0.05) is 23.4 Å². The molecule has 1 saturated heterocycles. The number of hydrogen-bond donors (Lipinski definition) is 0. The molecule has 0 aliphatic carbocycles. The maximum absolute atomic E-state index is 12.8. The zero-order chi connectivity index (χ0) is 17.9. The van der Waals surface area contributed by atoms with Crippen LogP contribution < -0.4 is 4.74 Å². The molecule has 2 aromatic heterocycles. The second-order valence-electron chi connectivity index (χ2n) is 6.30. The number of aromatic nitrogens is 2. The molecule has 1 fully saturated rings. The number of ether oxygens (including phenoxy) is 1. The van der Waals surface area contributed by atoms with Crippen LogP contribution in [0.2, 0.25) is 0 Å². The van der Waals surface area contributed by atoms with E-state index < -0.39 is 0 Å². The fraction of sp³-hybridized carbons (Fsp3) is 0.316. The number of piperidine rings is 1. The SMILES string of the molecule is Cc1nc([C@H]2CCCN(C(=O)c3ccc(Oc4ccccc4)o3)C2)no1. The molecule has 26 heavy (non-hydrogen) atoms. The molecule has 0 N–H and O–H groups in total. The van der Waals surface area contributed by atoms with Crippen LogP contribution in [-0.2, 0) is 0 Å². The summed E-state index contributed by atoms with van der Waals surface area (Å²) in [6.07, 6.45) is 1.82. The molecule has 7 nitrogen and oxygen atoms in total. The van der Waals surface area contributed by atoms with E-state index in [0.29, 0.717) is 36.5 Å². The van der Waals surface area contributed by atoms with Gasteiger partial charge in [-0.15, -0.1) is 0 Å². The van der Waals surface area contributed by atoms with Gasteiger partial charge in [0.2, 0.25) is 5.89 Å². The third-order valence-electron chi connectivity index (χ3n) is 4.37. The van der Waals surface area contributed by atoms with Crippen LogP contribution >= 0.6 is 0 Å². The zero-order valence-electron chi connectivity index (χ0n) is 14.4. The van der Waals surface area contributed by atoms with E-state index >= 15 is 0 Å². The van der Waals surface area contributed by atoms with E-state index in [0.717, 1.165) is 12.8 Å². The third-order valence-corrected chi connectivity index (χ3v) is 4.37. The predicted octanol–water partition coefficient (Wildman–Crippen LogP) is 3.78. The summed E-state index contributed by atoms with van der Waals surface area (Å²) >= 11 is 0. The molecule has 1 aliphatic heterocycles. The van der Waals surface area contributed by atoms with Crippen LogP contribution in [0.4, 0.5) is 0 Å². The van der Waals surface area contributed by atoms with Gasteiger partial charge in [-0.3, -0.25) is 4.79 Å². The number of para-hydroxylation sites is 1. The van der Waals surface area contributed by atoms with Crippen LogP contribution in [0.3, 0.4) is 0 Å². The van der Waals surface area contributed by atoms with Crippen molar-refractivity contribution in [2.45, 2.75) is 25.7 Å². The van der Waals surface area contributed by atoms with Crippen LogP contribution in [0.1, 0.15) is 41.0 Å². The van der Waals surface area contributed by atoms with Crippen LogP contribution in [0, 0.1) is 6.92 Å². The number of rotatable bonds is 4. The molecule has 3 aromatic rings. The maximum Gasteiger partial charge on any atom is 0.290 e. The van der Waals surface area contributed by atoms with Crippen LogP contribution in [0.25, 0.3) is 0 Å². The Kier molecular flexibility index (Phi) is 4.43. The summed E-state index contributed by atoms with van der Waals surface area (Å²) in [5.74, 6) is 2.34. The zero-order valence-corrected chi connectivity index (χ0v) is 14.4. The Labute approximate surface area is 150 Å². The number of amides is 1.